The van der Waals surface area contributed by atoms with E-state index in [0.717, 1.165) is 16.9 Å². The van der Waals surface area contributed by atoms with Crippen molar-refractivity contribution in [3.05, 3.63) is 102 Å². The lowest BCUT2D eigenvalue weighted by Gasteiger charge is -2.10. The molecule has 1 N–H and O–H groups in total. The largest absolute Gasteiger partial charge is 0.467 e. The highest BCUT2D eigenvalue weighted by molar-refractivity contribution is 6.06. The van der Waals surface area contributed by atoms with Gasteiger partial charge >= 0.3 is 0 Å². The highest BCUT2D eigenvalue weighted by atomic mass is 19.1. The third-order valence-electron chi connectivity index (χ3n) is 5.31. The third kappa shape index (κ3) is 4.50. The SMILES string of the molecule is O=C(NCCc1ccc(F)cc1)c1cc(-c2cccnc2)nc2c1cnn2Cc1ccco1. The van der Waals surface area contributed by atoms with Gasteiger partial charge in [0.25, 0.3) is 5.91 Å². The summed E-state index contributed by atoms with van der Waals surface area (Å²) >= 11 is 0. The lowest BCUT2D eigenvalue weighted by molar-refractivity contribution is 0.0955. The van der Waals surface area contributed by atoms with Crippen molar-refractivity contribution >= 4 is 16.9 Å². The predicted octanol–water partition coefficient (Wildman–Crippen LogP) is 4.25. The first kappa shape index (κ1) is 20.6. The van der Waals surface area contributed by atoms with E-state index < -0.39 is 0 Å². The quantitative estimate of drug-likeness (QED) is 0.408. The maximum Gasteiger partial charge on any atom is 0.252 e. The number of nitrogens with zero attached hydrogens (tertiary/aromatic N) is 4. The van der Waals surface area contributed by atoms with Gasteiger partial charge in [0.15, 0.2) is 5.65 Å². The Labute approximate surface area is 188 Å². The summed E-state index contributed by atoms with van der Waals surface area (Å²) < 4.78 is 20.3. The number of aromatic nitrogens is 4. The Bertz CT molecular complexity index is 1380. The van der Waals surface area contributed by atoms with E-state index in [0.29, 0.717) is 41.8 Å². The van der Waals surface area contributed by atoms with Crippen LogP contribution in [0.1, 0.15) is 21.7 Å². The number of pyridine rings is 2. The van der Waals surface area contributed by atoms with Crippen molar-refractivity contribution in [1.29, 1.82) is 0 Å². The summed E-state index contributed by atoms with van der Waals surface area (Å²) in [5.41, 5.74) is 3.42. The van der Waals surface area contributed by atoms with Crippen LogP contribution in [0.5, 0.6) is 0 Å². The molecule has 0 radical (unpaired) electrons. The van der Waals surface area contributed by atoms with Crippen LogP contribution in [0, 0.1) is 5.82 Å². The third-order valence-corrected chi connectivity index (χ3v) is 5.31. The van der Waals surface area contributed by atoms with Crippen molar-refractivity contribution in [2.45, 2.75) is 13.0 Å². The maximum absolute atomic E-state index is 13.1. The van der Waals surface area contributed by atoms with Crippen molar-refractivity contribution < 1.29 is 13.6 Å². The molecular weight excluding hydrogens is 421 g/mol. The van der Waals surface area contributed by atoms with E-state index in [-0.39, 0.29) is 11.7 Å². The molecule has 8 heteroatoms. The van der Waals surface area contributed by atoms with Gasteiger partial charge in [-0.1, -0.05) is 12.1 Å². The molecule has 7 nitrogen and oxygen atoms in total. The fraction of sp³-hybridized carbons (Fsp3) is 0.120. The Hall–Kier alpha value is -4.33. The van der Waals surface area contributed by atoms with E-state index in [4.69, 9.17) is 9.40 Å². The topological polar surface area (TPSA) is 85.8 Å². The molecule has 0 unspecified atom stereocenters. The number of fused-ring (bicyclic) bond motifs is 1. The Morgan fingerprint density at radius 2 is 1.97 bits per heavy atom. The molecule has 33 heavy (non-hydrogen) atoms. The van der Waals surface area contributed by atoms with Gasteiger partial charge < -0.3 is 9.73 Å². The maximum atomic E-state index is 13.1. The Morgan fingerprint density at radius 1 is 1.09 bits per heavy atom. The number of rotatable bonds is 7. The summed E-state index contributed by atoms with van der Waals surface area (Å²) in [6.07, 6.45) is 7.24. The summed E-state index contributed by atoms with van der Waals surface area (Å²) in [7, 11) is 0. The number of amides is 1. The summed E-state index contributed by atoms with van der Waals surface area (Å²) in [5.74, 6) is 0.225. The minimum absolute atomic E-state index is 0.229. The Balaban J connectivity index is 1.46. The predicted molar refractivity (Wildman–Crippen MR) is 121 cm³/mol. The fourth-order valence-electron chi connectivity index (χ4n) is 3.63. The number of furan rings is 1. The standard InChI is InChI=1S/C25H20FN5O2/c26-19-7-5-17(6-8-19)9-11-28-25(32)21-13-23(18-3-1-10-27-14-18)30-24-22(21)15-29-31(24)16-20-4-2-12-33-20/h1-8,10,12-15H,9,11,16H2,(H,28,32). The van der Waals surface area contributed by atoms with E-state index in [1.807, 2.05) is 24.3 Å². The van der Waals surface area contributed by atoms with Crippen LogP contribution in [0.2, 0.25) is 0 Å². The molecular formula is C25H20FN5O2. The second-order valence-corrected chi connectivity index (χ2v) is 7.55. The number of nitrogens with one attached hydrogen (secondary N) is 1. The molecule has 0 aliphatic heterocycles. The average molecular weight is 441 g/mol. The summed E-state index contributed by atoms with van der Waals surface area (Å²) in [4.78, 5) is 22.1. The molecule has 1 aromatic carbocycles. The molecule has 164 valence electrons. The van der Waals surface area contributed by atoms with Crippen LogP contribution in [-0.4, -0.2) is 32.2 Å². The fourth-order valence-corrected chi connectivity index (χ4v) is 3.63. The van der Waals surface area contributed by atoms with E-state index in [9.17, 15) is 9.18 Å². The number of benzene rings is 1. The highest BCUT2D eigenvalue weighted by Gasteiger charge is 2.18. The number of hydrogen-bond donors (Lipinski definition) is 1. The van der Waals surface area contributed by atoms with Crippen LogP contribution in [0.15, 0.2) is 83.9 Å². The van der Waals surface area contributed by atoms with Crippen molar-refractivity contribution in [3.63, 3.8) is 0 Å². The number of carbonyl (C=O) groups excluding carboxylic acids is 1. The number of hydrogen-bond acceptors (Lipinski definition) is 5. The van der Waals surface area contributed by atoms with Gasteiger partial charge in [-0.05, 0) is 54.4 Å². The summed E-state index contributed by atoms with van der Waals surface area (Å²) in [6.45, 7) is 0.808. The first-order valence-corrected chi connectivity index (χ1v) is 10.5. The summed E-state index contributed by atoms with van der Waals surface area (Å²) in [5, 5.41) is 8.05. The molecule has 5 rings (SSSR count). The lowest BCUT2D eigenvalue weighted by atomic mass is 10.1. The van der Waals surface area contributed by atoms with Crippen LogP contribution in [0.3, 0.4) is 0 Å². The average Bonchev–Trinajstić information content (AvgIpc) is 3.51. The van der Waals surface area contributed by atoms with Crippen LogP contribution in [0.4, 0.5) is 4.39 Å². The molecule has 1 amide bonds. The molecule has 0 aliphatic carbocycles. The van der Waals surface area contributed by atoms with Gasteiger partial charge in [0, 0.05) is 24.5 Å². The van der Waals surface area contributed by atoms with Crippen molar-refractivity contribution in [1.82, 2.24) is 25.1 Å². The highest BCUT2D eigenvalue weighted by Crippen LogP contribution is 2.25. The Kier molecular flexibility index (Phi) is 5.63. The molecule has 0 aliphatic rings. The van der Waals surface area contributed by atoms with Gasteiger partial charge in [0.2, 0.25) is 0 Å². The lowest BCUT2D eigenvalue weighted by Crippen LogP contribution is -2.26. The zero-order chi connectivity index (χ0) is 22.6. The van der Waals surface area contributed by atoms with Crippen LogP contribution in [-0.2, 0) is 13.0 Å². The van der Waals surface area contributed by atoms with Crippen LogP contribution in [0.25, 0.3) is 22.3 Å². The second-order valence-electron chi connectivity index (χ2n) is 7.55. The molecule has 0 spiro atoms. The zero-order valence-corrected chi connectivity index (χ0v) is 17.6. The minimum atomic E-state index is -0.281. The normalized spacial score (nSPS) is 11.1. The van der Waals surface area contributed by atoms with Gasteiger partial charge in [-0.15, -0.1) is 0 Å². The van der Waals surface area contributed by atoms with E-state index in [1.165, 1.54) is 12.1 Å². The first-order chi connectivity index (χ1) is 16.2. The van der Waals surface area contributed by atoms with E-state index in [2.05, 4.69) is 15.4 Å². The van der Waals surface area contributed by atoms with E-state index >= 15 is 0 Å². The molecule has 4 heterocycles. The number of halogens is 1. The van der Waals surface area contributed by atoms with E-state index in [1.54, 1.807) is 47.7 Å². The van der Waals surface area contributed by atoms with Crippen LogP contribution < -0.4 is 5.32 Å². The van der Waals surface area contributed by atoms with Crippen LogP contribution >= 0.6 is 0 Å². The van der Waals surface area contributed by atoms with Crippen molar-refractivity contribution in [2.24, 2.45) is 0 Å². The van der Waals surface area contributed by atoms with Gasteiger partial charge in [0.05, 0.1) is 29.1 Å². The van der Waals surface area contributed by atoms with Crippen molar-refractivity contribution in [3.8, 4) is 11.3 Å². The van der Waals surface area contributed by atoms with Gasteiger partial charge in [-0.2, -0.15) is 5.10 Å². The van der Waals surface area contributed by atoms with Gasteiger partial charge in [0.1, 0.15) is 18.1 Å². The van der Waals surface area contributed by atoms with Gasteiger partial charge in [-0.3, -0.25) is 9.78 Å². The smallest absolute Gasteiger partial charge is 0.252 e. The molecule has 4 aromatic heterocycles. The Morgan fingerprint density at radius 3 is 2.73 bits per heavy atom. The second kappa shape index (κ2) is 9.04. The van der Waals surface area contributed by atoms with Gasteiger partial charge in [-0.25, -0.2) is 14.1 Å². The first-order valence-electron chi connectivity index (χ1n) is 10.5. The van der Waals surface area contributed by atoms with Crippen molar-refractivity contribution in [2.75, 3.05) is 6.54 Å². The minimum Gasteiger partial charge on any atom is -0.467 e. The molecule has 0 atom stereocenters. The monoisotopic (exact) mass is 441 g/mol. The molecule has 0 bridgehead atoms. The zero-order valence-electron chi connectivity index (χ0n) is 17.6. The molecule has 0 saturated heterocycles. The number of carbonyl (C=O) groups is 1. The molecule has 0 saturated carbocycles. The molecule has 0 fully saturated rings. The molecule has 5 aromatic rings. The summed E-state index contributed by atoms with van der Waals surface area (Å²) in [6, 6.07) is 15.4.